The van der Waals surface area contributed by atoms with Crippen LogP contribution in [-0.2, 0) is 11.0 Å². The Kier molecular flexibility index (Phi) is 3.60. The van der Waals surface area contributed by atoms with Crippen LogP contribution in [0.25, 0.3) is 0 Å². The Morgan fingerprint density at radius 2 is 2.06 bits per heavy atom. The fraction of sp³-hybridized carbons (Fsp3) is 0.364. The zero-order chi connectivity index (χ0) is 13.5. The number of amides is 1. The fourth-order valence-electron chi connectivity index (χ4n) is 1.80. The van der Waals surface area contributed by atoms with Gasteiger partial charge in [-0.25, -0.2) is 0 Å². The molecule has 1 aliphatic heterocycles. The fourth-order valence-corrected chi connectivity index (χ4v) is 2.66. The number of hydrogen-bond acceptors (Lipinski definition) is 1. The lowest BCUT2D eigenvalue weighted by Gasteiger charge is -2.18. The van der Waals surface area contributed by atoms with Gasteiger partial charge in [-0.1, -0.05) is 0 Å². The molecule has 18 heavy (non-hydrogen) atoms. The predicted molar refractivity (Wildman–Crippen MR) is 65.8 cm³/mol. The van der Waals surface area contributed by atoms with Crippen molar-refractivity contribution >= 4 is 39.1 Å². The van der Waals surface area contributed by atoms with Crippen molar-refractivity contribution in [2.45, 2.75) is 18.0 Å². The monoisotopic (exact) mass is 341 g/mol. The lowest BCUT2D eigenvalue weighted by atomic mass is 10.2. The van der Waals surface area contributed by atoms with Crippen LogP contribution < -0.4 is 4.90 Å². The van der Waals surface area contributed by atoms with Crippen molar-refractivity contribution in [1.82, 2.24) is 0 Å². The van der Waals surface area contributed by atoms with Crippen molar-refractivity contribution in [3.63, 3.8) is 0 Å². The molecule has 2 rings (SSSR count). The van der Waals surface area contributed by atoms with E-state index in [0.717, 1.165) is 12.1 Å². The summed E-state index contributed by atoms with van der Waals surface area (Å²) in [6.07, 6.45) is -4.19. The molecule has 0 saturated carbocycles. The molecule has 0 radical (unpaired) electrons. The average molecular weight is 343 g/mol. The molecule has 0 N–H and O–H groups in total. The molecule has 98 valence electrons. The molecule has 0 aromatic heterocycles. The lowest BCUT2D eigenvalue weighted by molar-refractivity contribution is -0.137. The molecule has 1 aromatic carbocycles. The van der Waals surface area contributed by atoms with E-state index in [1.807, 2.05) is 0 Å². The van der Waals surface area contributed by atoms with Crippen LogP contribution in [0.2, 0.25) is 0 Å². The van der Waals surface area contributed by atoms with E-state index in [1.165, 1.54) is 11.0 Å². The number of anilines is 1. The minimum Gasteiger partial charge on any atom is -0.310 e. The van der Waals surface area contributed by atoms with Crippen LogP contribution >= 0.6 is 27.5 Å². The van der Waals surface area contributed by atoms with Crippen molar-refractivity contribution < 1.29 is 18.0 Å². The quantitative estimate of drug-likeness (QED) is 0.711. The molecule has 1 amide bonds. The number of nitrogens with zero attached hydrogens (tertiary/aromatic N) is 1. The summed E-state index contributed by atoms with van der Waals surface area (Å²) in [6, 6.07) is 3.19. The van der Waals surface area contributed by atoms with Gasteiger partial charge in [0.1, 0.15) is 0 Å². The molecule has 2 nitrogen and oxygen atoms in total. The Hall–Kier alpha value is -0.750. The normalized spacial score (nSPS) is 20.6. The standard InChI is InChI=1S/C11H8BrClF3NO/c12-8-3-6(11(14,15)16)1-2-9(8)17-5-7(13)4-10(17)18/h1-3,7H,4-5H2. The summed E-state index contributed by atoms with van der Waals surface area (Å²) >= 11 is 8.91. The van der Waals surface area contributed by atoms with Crippen LogP contribution in [0.4, 0.5) is 18.9 Å². The molecule has 1 atom stereocenters. The number of alkyl halides is 4. The van der Waals surface area contributed by atoms with E-state index in [1.54, 1.807) is 0 Å². The van der Waals surface area contributed by atoms with Crippen LogP contribution in [0.5, 0.6) is 0 Å². The summed E-state index contributed by atoms with van der Waals surface area (Å²) in [4.78, 5) is 13.0. The molecule has 1 unspecified atom stereocenters. The van der Waals surface area contributed by atoms with Gasteiger partial charge in [0.25, 0.3) is 0 Å². The molecule has 1 aliphatic rings. The number of rotatable bonds is 1. The Labute approximate surface area is 115 Å². The van der Waals surface area contributed by atoms with Crippen LogP contribution in [0.15, 0.2) is 22.7 Å². The van der Waals surface area contributed by atoms with Gasteiger partial charge in [0.05, 0.1) is 16.6 Å². The van der Waals surface area contributed by atoms with Gasteiger partial charge in [0, 0.05) is 17.4 Å². The van der Waals surface area contributed by atoms with Gasteiger partial charge in [0.15, 0.2) is 0 Å². The summed E-state index contributed by atoms with van der Waals surface area (Å²) in [7, 11) is 0. The van der Waals surface area contributed by atoms with Gasteiger partial charge in [-0.3, -0.25) is 4.79 Å². The van der Waals surface area contributed by atoms with Crippen molar-refractivity contribution in [3.8, 4) is 0 Å². The first-order valence-electron chi connectivity index (χ1n) is 5.10. The minimum atomic E-state index is -4.40. The molecule has 0 aliphatic carbocycles. The topological polar surface area (TPSA) is 20.3 Å². The number of benzene rings is 1. The van der Waals surface area contributed by atoms with Crippen LogP contribution in [0, 0.1) is 0 Å². The highest BCUT2D eigenvalue weighted by Crippen LogP contribution is 2.36. The SMILES string of the molecule is O=C1CC(Cl)CN1c1ccc(C(F)(F)F)cc1Br. The van der Waals surface area contributed by atoms with E-state index >= 15 is 0 Å². The van der Waals surface area contributed by atoms with Gasteiger partial charge < -0.3 is 4.90 Å². The predicted octanol–water partition coefficient (Wildman–Crippen LogP) is 3.81. The van der Waals surface area contributed by atoms with Crippen molar-refractivity contribution in [2.24, 2.45) is 0 Å². The van der Waals surface area contributed by atoms with Crippen LogP contribution in [-0.4, -0.2) is 17.8 Å². The lowest BCUT2D eigenvalue weighted by Crippen LogP contribution is -2.25. The first kappa shape index (κ1) is 13.7. The molecule has 1 aromatic rings. The Morgan fingerprint density at radius 1 is 1.39 bits per heavy atom. The molecule has 7 heteroatoms. The van der Waals surface area contributed by atoms with Crippen molar-refractivity contribution in [1.29, 1.82) is 0 Å². The third-order valence-corrected chi connectivity index (χ3v) is 3.57. The Morgan fingerprint density at radius 3 is 2.50 bits per heavy atom. The molecule has 0 spiro atoms. The maximum Gasteiger partial charge on any atom is 0.416 e. The van der Waals surface area contributed by atoms with E-state index in [-0.39, 0.29) is 22.2 Å². The molecule has 1 heterocycles. The second-order valence-electron chi connectivity index (χ2n) is 3.97. The maximum atomic E-state index is 12.5. The first-order valence-corrected chi connectivity index (χ1v) is 6.33. The van der Waals surface area contributed by atoms with E-state index in [9.17, 15) is 18.0 Å². The van der Waals surface area contributed by atoms with E-state index in [4.69, 9.17) is 11.6 Å². The van der Waals surface area contributed by atoms with Crippen LogP contribution in [0.3, 0.4) is 0 Å². The van der Waals surface area contributed by atoms with Gasteiger partial charge in [-0.15, -0.1) is 11.6 Å². The molecule has 1 saturated heterocycles. The zero-order valence-corrected chi connectivity index (χ0v) is 11.3. The molecule has 0 bridgehead atoms. The highest BCUT2D eigenvalue weighted by molar-refractivity contribution is 9.10. The first-order chi connectivity index (χ1) is 8.29. The Balaban J connectivity index is 2.34. The second-order valence-corrected chi connectivity index (χ2v) is 5.44. The van der Waals surface area contributed by atoms with Crippen LogP contribution in [0.1, 0.15) is 12.0 Å². The summed E-state index contributed by atoms with van der Waals surface area (Å²) in [6.45, 7) is 0.310. The highest BCUT2D eigenvalue weighted by Gasteiger charge is 2.33. The van der Waals surface area contributed by atoms with Gasteiger partial charge >= 0.3 is 6.18 Å². The third-order valence-electron chi connectivity index (χ3n) is 2.64. The zero-order valence-electron chi connectivity index (χ0n) is 8.97. The van der Waals surface area contributed by atoms with Crippen molar-refractivity contribution in [2.75, 3.05) is 11.4 Å². The second kappa shape index (κ2) is 4.74. The summed E-state index contributed by atoms with van der Waals surface area (Å²) in [5.41, 5.74) is -0.344. The van der Waals surface area contributed by atoms with E-state index < -0.39 is 11.7 Å². The largest absolute Gasteiger partial charge is 0.416 e. The summed E-state index contributed by atoms with van der Waals surface area (Å²) < 4.78 is 37.7. The number of carbonyl (C=O) groups is 1. The summed E-state index contributed by atoms with van der Waals surface area (Å²) in [5, 5.41) is -0.299. The number of carbonyl (C=O) groups excluding carboxylic acids is 1. The van der Waals surface area contributed by atoms with E-state index in [0.29, 0.717) is 12.2 Å². The number of halogens is 5. The molecule has 1 fully saturated rings. The van der Waals surface area contributed by atoms with E-state index in [2.05, 4.69) is 15.9 Å². The van der Waals surface area contributed by atoms with Gasteiger partial charge in [0.2, 0.25) is 5.91 Å². The highest BCUT2D eigenvalue weighted by atomic mass is 79.9. The molecular formula is C11H8BrClF3NO. The number of hydrogen-bond donors (Lipinski definition) is 0. The smallest absolute Gasteiger partial charge is 0.310 e. The third kappa shape index (κ3) is 2.64. The average Bonchev–Trinajstić information content (AvgIpc) is 2.56. The minimum absolute atomic E-state index is 0.185. The van der Waals surface area contributed by atoms with Gasteiger partial charge in [-0.05, 0) is 34.1 Å². The van der Waals surface area contributed by atoms with Gasteiger partial charge in [-0.2, -0.15) is 13.2 Å². The Bertz CT molecular complexity index is 492. The maximum absolute atomic E-state index is 12.5. The van der Waals surface area contributed by atoms with Crippen molar-refractivity contribution in [3.05, 3.63) is 28.2 Å². The summed E-state index contributed by atoms with van der Waals surface area (Å²) in [5.74, 6) is -0.185. The molecular weight excluding hydrogens is 334 g/mol.